The fourth-order valence-electron chi connectivity index (χ4n) is 3.90. The first kappa shape index (κ1) is 20.1. The molecule has 0 saturated heterocycles. The number of aromatic nitrogens is 4. The van der Waals surface area contributed by atoms with Crippen molar-refractivity contribution in [1.82, 2.24) is 19.7 Å². The molecule has 0 amide bonds. The number of ether oxygens (including phenoxy) is 1. The molecule has 2 unspecified atom stereocenters. The van der Waals surface area contributed by atoms with Crippen molar-refractivity contribution >= 4 is 24.5 Å². The molecule has 2 aromatic rings. The lowest BCUT2D eigenvalue weighted by atomic mass is 10.1. The molecule has 0 aromatic carbocycles. The smallest absolute Gasteiger partial charge is 0.218 e. The summed E-state index contributed by atoms with van der Waals surface area (Å²) in [5.74, 6) is 0.842. The molecular formula is C20H25N5O3S. The first-order valence-corrected chi connectivity index (χ1v) is 10.3. The number of rotatable bonds is 8. The van der Waals surface area contributed by atoms with Crippen LogP contribution in [0.2, 0.25) is 0 Å². The fraction of sp³-hybridized carbons (Fsp3) is 0.500. The first-order chi connectivity index (χ1) is 14.2. The standard InChI is InChI=1S/C20H25N5O3S/c26-19(18-5-6-25(24-18)10-15-2-1-7-27-11-15)17-9-21-13-22-20(17)23-16-4-3-14(8-16)12-28-29/h2,5-6,9,13-14,16,29H,1,3-4,7-8,10-12H2,(H,21,22,23). The Morgan fingerprint density at radius 2 is 2.34 bits per heavy atom. The van der Waals surface area contributed by atoms with E-state index in [1.54, 1.807) is 16.9 Å². The van der Waals surface area contributed by atoms with Gasteiger partial charge < -0.3 is 14.2 Å². The Balaban J connectivity index is 1.45. The lowest BCUT2D eigenvalue weighted by Crippen LogP contribution is -2.20. The minimum atomic E-state index is -0.186. The van der Waals surface area contributed by atoms with Gasteiger partial charge in [-0.3, -0.25) is 9.48 Å². The molecule has 3 heterocycles. The van der Waals surface area contributed by atoms with Gasteiger partial charge in [-0.05, 0) is 56.2 Å². The molecule has 29 heavy (non-hydrogen) atoms. The molecule has 0 spiro atoms. The molecular weight excluding hydrogens is 390 g/mol. The summed E-state index contributed by atoms with van der Waals surface area (Å²) in [6, 6.07) is 1.99. The summed E-state index contributed by atoms with van der Waals surface area (Å²) in [5, 5.41) is 7.86. The Labute approximate surface area is 175 Å². The van der Waals surface area contributed by atoms with Crippen LogP contribution in [-0.2, 0) is 15.5 Å². The van der Waals surface area contributed by atoms with E-state index in [0.29, 0.717) is 42.8 Å². The van der Waals surface area contributed by atoms with E-state index in [1.165, 1.54) is 11.9 Å². The summed E-state index contributed by atoms with van der Waals surface area (Å²) in [5.41, 5.74) is 1.99. The summed E-state index contributed by atoms with van der Waals surface area (Å²) in [6.45, 7) is 2.64. The van der Waals surface area contributed by atoms with Crippen molar-refractivity contribution in [2.45, 2.75) is 38.3 Å². The number of carbonyl (C=O) groups excluding carboxylic acids is 1. The molecule has 4 rings (SSSR count). The highest BCUT2D eigenvalue weighted by Gasteiger charge is 2.27. The highest BCUT2D eigenvalue weighted by molar-refractivity contribution is 7.75. The van der Waals surface area contributed by atoms with Gasteiger partial charge in [0.1, 0.15) is 17.8 Å². The fourth-order valence-corrected chi connectivity index (χ4v) is 4.11. The lowest BCUT2D eigenvalue weighted by Gasteiger charge is -2.15. The molecule has 2 aliphatic rings. The summed E-state index contributed by atoms with van der Waals surface area (Å²) in [4.78, 5) is 21.4. The van der Waals surface area contributed by atoms with Crippen LogP contribution in [0.1, 0.15) is 41.7 Å². The van der Waals surface area contributed by atoms with Gasteiger partial charge in [-0.1, -0.05) is 6.08 Å². The van der Waals surface area contributed by atoms with Gasteiger partial charge in [-0.15, -0.1) is 0 Å². The van der Waals surface area contributed by atoms with E-state index in [9.17, 15) is 4.79 Å². The summed E-state index contributed by atoms with van der Waals surface area (Å²) in [6.07, 6.45) is 11.0. The molecule has 1 N–H and O–H groups in total. The Hall–Kier alpha value is -2.23. The molecule has 154 valence electrons. The van der Waals surface area contributed by atoms with E-state index in [0.717, 1.165) is 32.3 Å². The average Bonchev–Trinajstić information content (AvgIpc) is 3.39. The molecule has 2 atom stereocenters. The molecule has 9 heteroatoms. The number of nitrogens with zero attached hydrogens (tertiary/aromatic N) is 4. The quantitative estimate of drug-likeness (QED) is 0.296. The molecule has 1 fully saturated rings. The van der Waals surface area contributed by atoms with Crippen LogP contribution < -0.4 is 5.32 Å². The highest BCUT2D eigenvalue weighted by Crippen LogP contribution is 2.29. The van der Waals surface area contributed by atoms with Gasteiger partial charge in [0.2, 0.25) is 5.78 Å². The Morgan fingerprint density at radius 1 is 1.41 bits per heavy atom. The molecule has 0 bridgehead atoms. The number of anilines is 1. The zero-order valence-electron chi connectivity index (χ0n) is 16.2. The maximum Gasteiger partial charge on any atom is 0.218 e. The minimum absolute atomic E-state index is 0.186. The van der Waals surface area contributed by atoms with E-state index in [4.69, 9.17) is 8.92 Å². The van der Waals surface area contributed by atoms with Crippen LogP contribution in [0.3, 0.4) is 0 Å². The van der Waals surface area contributed by atoms with Gasteiger partial charge in [-0.2, -0.15) is 5.10 Å². The first-order valence-electron chi connectivity index (χ1n) is 9.89. The van der Waals surface area contributed by atoms with E-state index < -0.39 is 0 Å². The van der Waals surface area contributed by atoms with E-state index in [2.05, 4.69) is 39.4 Å². The second-order valence-electron chi connectivity index (χ2n) is 7.53. The molecule has 8 nitrogen and oxygen atoms in total. The molecule has 1 aliphatic carbocycles. The van der Waals surface area contributed by atoms with Crippen molar-refractivity contribution in [2.24, 2.45) is 5.92 Å². The van der Waals surface area contributed by atoms with Gasteiger partial charge in [0, 0.05) is 18.4 Å². The van der Waals surface area contributed by atoms with Gasteiger partial charge >= 0.3 is 0 Å². The zero-order valence-corrected chi connectivity index (χ0v) is 17.1. The van der Waals surface area contributed by atoms with Crippen molar-refractivity contribution < 1.29 is 13.7 Å². The maximum absolute atomic E-state index is 13.0. The number of hydrogen-bond acceptors (Lipinski definition) is 8. The SMILES string of the molecule is O=C(c1ccn(CC2=CCCOC2)n1)c1cncnc1NC1CCC(COS)C1. The predicted octanol–water partition coefficient (Wildman–Crippen LogP) is 2.69. The average molecular weight is 416 g/mol. The lowest BCUT2D eigenvalue weighted by molar-refractivity contribution is 0.103. The van der Waals surface area contributed by atoms with Crippen LogP contribution in [0.4, 0.5) is 5.82 Å². The predicted molar refractivity (Wildman–Crippen MR) is 111 cm³/mol. The van der Waals surface area contributed by atoms with E-state index in [1.807, 2.05) is 6.20 Å². The number of ketones is 1. The molecule has 0 radical (unpaired) electrons. The van der Waals surface area contributed by atoms with Crippen LogP contribution in [0.25, 0.3) is 0 Å². The van der Waals surface area contributed by atoms with Crippen molar-refractivity contribution in [2.75, 3.05) is 25.1 Å². The minimum Gasteiger partial charge on any atom is -0.377 e. The van der Waals surface area contributed by atoms with Gasteiger partial charge in [0.25, 0.3) is 0 Å². The largest absolute Gasteiger partial charge is 0.377 e. The van der Waals surface area contributed by atoms with E-state index in [-0.39, 0.29) is 11.8 Å². The molecule has 1 aliphatic heterocycles. The normalized spacial score (nSPS) is 21.8. The van der Waals surface area contributed by atoms with Crippen LogP contribution in [-0.4, -0.2) is 51.4 Å². The second-order valence-corrected chi connectivity index (χ2v) is 7.79. The third kappa shape index (κ3) is 5.04. The van der Waals surface area contributed by atoms with Crippen molar-refractivity contribution in [1.29, 1.82) is 0 Å². The summed E-state index contributed by atoms with van der Waals surface area (Å²) < 4.78 is 12.2. The topological polar surface area (TPSA) is 91.2 Å². The molecule has 2 aromatic heterocycles. The number of thiol groups is 1. The maximum atomic E-state index is 13.0. The van der Waals surface area contributed by atoms with Crippen LogP contribution in [0.5, 0.6) is 0 Å². The molecule has 1 saturated carbocycles. The van der Waals surface area contributed by atoms with Crippen LogP contribution in [0, 0.1) is 5.92 Å². The summed E-state index contributed by atoms with van der Waals surface area (Å²) >= 11 is 3.85. The zero-order chi connectivity index (χ0) is 20.1. The van der Waals surface area contributed by atoms with Crippen molar-refractivity contribution in [3.05, 3.63) is 47.7 Å². The van der Waals surface area contributed by atoms with E-state index >= 15 is 0 Å². The monoisotopic (exact) mass is 415 g/mol. The van der Waals surface area contributed by atoms with Crippen LogP contribution in [0.15, 0.2) is 36.4 Å². The second kappa shape index (κ2) is 9.51. The van der Waals surface area contributed by atoms with Crippen molar-refractivity contribution in [3.8, 4) is 0 Å². The Kier molecular flexibility index (Phi) is 6.58. The third-order valence-corrected chi connectivity index (χ3v) is 5.52. The summed E-state index contributed by atoms with van der Waals surface area (Å²) in [7, 11) is 0. The highest BCUT2D eigenvalue weighted by atomic mass is 32.1. The number of carbonyl (C=O) groups is 1. The van der Waals surface area contributed by atoms with Gasteiger partial charge in [0.15, 0.2) is 0 Å². The van der Waals surface area contributed by atoms with Crippen LogP contribution >= 0.6 is 12.9 Å². The Morgan fingerprint density at radius 3 is 3.17 bits per heavy atom. The number of nitrogens with one attached hydrogen (secondary N) is 1. The van der Waals surface area contributed by atoms with Crippen molar-refractivity contribution in [3.63, 3.8) is 0 Å². The Bertz CT molecular complexity index is 885. The third-order valence-electron chi connectivity index (χ3n) is 5.37. The van der Waals surface area contributed by atoms with Gasteiger partial charge in [-0.25, -0.2) is 9.97 Å². The van der Waals surface area contributed by atoms with Gasteiger partial charge in [0.05, 0.1) is 31.9 Å². The number of hydrogen-bond donors (Lipinski definition) is 2.